The van der Waals surface area contributed by atoms with Crippen LogP contribution in [0.3, 0.4) is 0 Å². The number of nitrogens with one attached hydrogen (secondary N) is 1. The standard InChI is InChI=1S/C29H25F2N7O4S/c1-37(18-14-42-15-18)17-7-8-38(26(39)9-17)24-11-19(20-10-22(27(30)31)32-13-23(20)41-2)21(12-33-24)28(40)34-29-36-35-25(43-29)6-5-16-3-4-16/h7-13,16,18,27H,3-4,14-15H2,1-2H3,(H,34,36,40). The van der Waals surface area contributed by atoms with E-state index in [9.17, 15) is 18.4 Å². The Morgan fingerprint density at radius 2 is 2.00 bits per heavy atom. The Kier molecular flexibility index (Phi) is 7.83. The molecule has 1 saturated carbocycles. The van der Waals surface area contributed by atoms with E-state index >= 15 is 0 Å². The molecular formula is C29H25F2N7O4S. The molecular weight excluding hydrogens is 580 g/mol. The highest BCUT2D eigenvalue weighted by Crippen LogP contribution is 2.36. The first-order valence-electron chi connectivity index (χ1n) is 13.3. The topological polar surface area (TPSA) is 124 Å². The van der Waals surface area contributed by atoms with Crippen LogP contribution in [0.2, 0.25) is 0 Å². The number of halogens is 2. The van der Waals surface area contributed by atoms with E-state index in [0.717, 1.165) is 36.4 Å². The molecule has 1 saturated heterocycles. The summed E-state index contributed by atoms with van der Waals surface area (Å²) >= 11 is 1.12. The average Bonchev–Trinajstić information content (AvgIpc) is 3.71. The van der Waals surface area contributed by atoms with Crippen molar-refractivity contribution in [2.45, 2.75) is 25.3 Å². The van der Waals surface area contributed by atoms with Crippen LogP contribution < -0.4 is 20.5 Å². The number of anilines is 2. The van der Waals surface area contributed by atoms with Crippen LogP contribution in [-0.2, 0) is 4.74 Å². The second-order valence-corrected chi connectivity index (χ2v) is 11.0. The van der Waals surface area contributed by atoms with Crippen molar-refractivity contribution in [3.8, 4) is 34.5 Å². The van der Waals surface area contributed by atoms with Crippen LogP contribution >= 0.6 is 11.3 Å². The van der Waals surface area contributed by atoms with Crippen molar-refractivity contribution in [1.82, 2.24) is 24.7 Å². The summed E-state index contributed by atoms with van der Waals surface area (Å²) < 4.78 is 39.3. The summed E-state index contributed by atoms with van der Waals surface area (Å²) in [7, 11) is 3.25. The van der Waals surface area contributed by atoms with Gasteiger partial charge in [0.05, 0.1) is 38.1 Å². The minimum Gasteiger partial charge on any atom is -0.494 e. The smallest absolute Gasteiger partial charge is 0.280 e. The molecule has 0 radical (unpaired) electrons. The summed E-state index contributed by atoms with van der Waals surface area (Å²) in [6.45, 7) is 1.16. The van der Waals surface area contributed by atoms with E-state index in [4.69, 9.17) is 9.47 Å². The van der Waals surface area contributed by atoms with Gasteiger partial charge in [-0.1, -0.05) is 17.3 Å². The molecule has 4 aromatic heterocycles. The van der Waals surface area contributed by atoms with Gasteiger partial charge >= 0.3 is 0 Å². The molecule has 5 heterocycles. The molecule has 0 atom stereocenters. The molecule has 14 heteroatoms. The fraction of sp³-hybridized carbons (Fsp3) is 0.310. The van der Waals surface area contributed by atoms with Gasteiger partial charge in [-0.3, -0.25) is 24.5 Å². The fourth-order valence-corrected chi connectivity index (χ4v) is 4.95. The molecule has 2 fully saturated rings. The van der Waals surface area contributed by atoms with Gasteiger partial charge in [0.1, 0.15) is 17.3 Å². The monoisotopic (exact) mass is 605 g/mol. The SMILES string of the molecule is COc1cnc(C(F)F)cc1-c1cc(-n2ccc(N(C)C3COC3)cc2=O)ncc1C(=O)Nc1nnc(C#CC2CC2)s1. The van der Waals surface area contributed by atoms with E-state index in [-0.39, 0.29) is 45.0 Å². The molecule has 1 aliphatic heterocycles. The maximum atomic E-state index is 13.7. The Hall–Kier alpha value is -4.74. The van der Waals surface area contributed by atoms with Crippen molar-refractivity contribution in [2.24, 2.45) is 5.92 Å². The van der Waals surface area contributed by atoms with Gasteiger partial charge in [-0.2, -0.15) is 0 Å². The number of rotatable bonds is 8. The zero-order valence-corrected chi connectivity index (χ0v) is 23.9. The Bertz CT molecular complexity index is 1810. The zero-order valence-electron chi connectivity index (χ0n) is 23.1. The van der Waals surface area contributed by atoms with Gasteiger partial charge in [0, 0.05) is 48.2 Å². The second kappa shape index (κ2) is 11.9. The quantitative estimate of drug-likeness (QED) is 0.298. The minimum atomic E-state index is -2.87. The molecule has 1 N–H and O–H groups in total. The van der Waals surface area contributed by atoms with Crippen molar-refractivity contribution in [3.63, 3.8) is 0 Å². The second-order valence-electron chi connectivity index (χ2n) is 10.0. The Morgan fingerprint density at radius 1 is 1.19 bits per heavy atom. The molecule has 11 nitrogen and oxygen atoms in total. The lowest BCUT2D eigenvalue weighted by Crippen LogP contribution is -2.47. The number of carbonyl (C=O) groups is 1. The van der Waals surface area contributed by atoms with Crippen LogP contribution in [0.4, 0.5) is 19.6 Å². The van der Waals surface area contributed by atoms with Crippen LogP contribution in [0, 0.1) is 17.8 Å². The number of pyridine rings is 3. The van der Waals surface area contributed by atoms with Gasteiger partial charge in [0.2, 0.25) is 5.13 Å². The lowest BCUT2D eigenvalue weighted by atomic mass is 10.00. The maximum Gasteiger partial charge on any atom is 0.280 e. The van der Waals surface area contributed by atoms with Crippen LogP contribution in [0.1, 0.15) is 40.3 Å². The molecule has 0 unspecified atom stereocenters. The number of carbonyl (C=O) groups excluding carboxylic acids is 1. The largest absolute Gasteiger partial charge is 0.494 e. The first kappa shape index (κ1) is 28.4. The number of likely N-dealkylation sites (N-methyl/N-ethyl adjacent to an activating group) is 1. The van der Waals surface area contributed by atoms with Crippen molar-refractivity contribution in [2.75, 3.05) is 37.6 Å². The lowest BCUT2D eigenvalue weighted by Gasteiger charge is -2.36. The van der Waals surface area contributed by atoms with E-state index in [1.54, 1.807) is 12.3 Å². The third-order valence-corrected chi connectivity index (χ3v) is 7.84. The highest BCUT2D eigenvalue weighted by molar-refractivity contribution is 7.15. The van der Waals surface area contributed by atoms with Crippen LogP contribution in [-0.4, -0.2) is 64.1 Å². The van der Waals surface area contributed by atoms with Gasteiger partial charge in [-0.15, -0.1) is 10.2 Å². The first-order chi connectivity index (χ1) is 20.8. The molecule has 2 aliphatic rings. The Morgan fingerprint density at radius 3 is 2.67 bits per heavy atom. The number of hydrogen-bond acceptors (Lipinski definition) is 10. The van der Waals surface area contributed by atoms with Crippen LogP contribution in [0.25, 0.3) is 16.9 Å². The summed E-state index contributed by atoms with van der Waals surface area (Å²) in [6, 6.07) is 6.04. The van der Waals surface area contributed by atoms with Gasteiger partial charge in [-0.05, 0) is 37.0 Å². The highest BCUT2D eigenvalue weighted by Gasteiger charge is 2.25. The van der Waals surface area contributed by atoms with E-state index in [1.807, 2.05) is 11.9 Å². The lowest BCUT2D eigenvalue weighted by molar-refractivity contribution is 0.0101. The summed E-state index contributed by atoms with van der Waals surface area (Å²) in [5.74, 6) is 6.14. The highest BCUT2D eigenvalue weighted by atomic mass is 32.1. The van der Waals surface area contributed by atoms with Crippen molar-refractivity contribution in [1.29, 1.82) is 0 Å². The normalized spacial score (nSPS) is 14.5. The molecule has 4 aromatic rings. The third kappa shape index (κ3) is 6.08. The number of alkyl halides is 2. The fourth-order valence-electron chi connectivity index (χ4n) is 4.35. The molecule has 1 amide bonds. The summed E-state index contributed by atoms with van der Waals surface area (Å²) in [4.78, 5) is 36.8. The predicted octanol–water partition coefficient (Wildman–Crippen LogP) is 3.94. The summed E-state index contributed by atoms with van der Waals surface area (Å²) in [6.07, 6.45) is 3.27. The van der Waals surface area contributed by atoms with E-state index in [2.05, 4.69) is 37.3 Å². The predicted molar refractivity (Wildman–Crippen MR) is 155 cm³/mol. The number of ether oxygens (including phenoxy) is 2. The average molecular weight is 606 g/mol. The molecule has 1 aliphatic carbocycles. The van der Waals surface area contributed by atoms with Gasteiger partial charge in [0.25, 0.3) is 17.9 Å². The van der Waals surface area contributed by atoms with E-state index in [1.165, 1.54) is 30.0 Å². The van der Waals surface area contributed by atoms with Crippen LogP contribution in [0.5, 0.6) is 5.75 Å². The van der Waals surface area contributed by atoms with E-state index < -0.39 is 18.0 Å². The molecule has 220 valence electrons. The zero-order chi connectivity index (χ0) is 30.1. The minimum absolute atomic E-state index is 0.0312. The van der Waals surface area contributed by atoms with Crippen molar-refractivity contribution >= 4 is 28.1 Å². The molecule has 6 rings (SSSR count). The summed E-state index contributed by atoms with van der Waals surface area (Å²) in [5, 5.41) is 11.4. The molecule has 0 spiro atoms. The Balaban J connectivity index is 1.39. The van der Waals surface area contributed by atoms with Crippen molar-refractivity contribution < 1.29 is 23.0 Å². The van der Waals surface area contributed by atoms with Gasteiger partial charge < -0.3 is 14.4 Å². The maximum absolute atomic E-state index is 13.7. The number of methoxy groups -OCH3 is 1. The van der Waals surface area contributed by atoms with Crippen molar-refractivity contribution in [3.05, 3.63) is 69.5 Å². The number of nitrogens with zero attached hydrogens (tertiary/aromatic N) is 6. The molecule has 43 heavy (non-hydrogen) atoms. The van der Waals surface area contributed by atoms with Gasteiger partial charge in [-0.25, -0.2) is 13.8 Å². The third-order valence-electron chi connectivity index (χ3n) is 7.09. The summed E-state index contributed by atoms with van der Waals surface area (Å²) in [5.41, 5.74) is 0.230. The molecule has 0 bridgehead atoms. The van der Waals surface area contributed by atoms with Crippen LogP contribution in [0.15, 0.2) is 47.7 Å². The molecule has 0 aromatic carbocycles. The Labute approximate surface area is 248 Å². The number of hydrogen-bond donors (Lipinski definition) is 1. The van der Waals surface area contributed by atoms with Gasteiger partial charge in [0.15, 0.2) is 5.01 Å². The number of aromatic nitrogens is 5. The van der Waals surface area contributed by atoms with E-state index in [0.29, 0.717) is 29.8 Å². The first-order valence-corrected chi connectivity index (χ1v) is 14.1. The number of amides is 1.